The van der Waals surface area contributed by atoms with Crippen LogP contribution in [-0.4, -0.2) is 29.1 Å². The molecule has 0 aliphatic carbocycles. The van der Waals surface area contributed by atoms with Crippen LogP contribution in [0, 0.1) is 12.3 Å². The summed E-state index contributed by atoms with van der Waals surface area (Å²) in [5, 5.41) is 16.0. The Bertz CT molecular complexity index is 632. The van der Waals surface area contributed by atoms with Crippen LogP contribution >= 0.6 is 11.3 Å². The van der Waals surface area contributed by atoms with E-state index < -0.39 is 0 Å². The summed E-state index contributed by atoms with van der Waals surface area (Å²) in [6.07, 6.45) is 1.94. The Morgan fingerprint density at radius 3 is 2.91 bits per heavy atom. The summed E-state index contributed by atoms with van der Waals surface area (Å²) in [4.78, 5) is 16.4. The predicted molar refractivity (Wildman–Crippen MR) is 91.4 cm³/mol. The monoisotopic (exact) mass is 336 g/mol. The second-order valence-electron chi connectivity index (χ2n) is 6.49. The number of oxazole rings is 1. The van der Waals surface area contributed by atoms with Gasteiger partial charge in [-0.1, -0.05) is 13.8 Å². The average molecular weight is 336 g/mol. The number of carbonyl (C=O) groups is 1. The van der Waals surface area contributed by atoms with Gasteiger partial charge in [0.2, 0.25) is 11.8 Å². The zero-order valence-electron chi connectivity index (χ0n) is 13.9. The molecular weight excluding hydrogens is 312 g/mol. The number of thiophene rings is 1. The molecule has 0 fully saturated rings. The molecule has 126 valence electrons. The highest BCUT2D eigenvalue weighted by Crippen LogP contribution is 2.24. The van der Waals surface area contributed by atoms with E-state index in [1.807, 2.05) is 37.6 Å². The van der Waals surface area contributed by atoms with Crippen LogP contribution in [0.15, 0.2) is 21.2 Å². The smallest absolute Gasteiger partial charge is 0.227 e. The third-order valence-electron chi connectivity index (χ3n) is 3.77. The number of aromatic nitrogens is 1. The lowest BCUT2D eigenvalue weighted by Gasteiger charge is -2.21. The van der Waals surface area contributed by atoms with Gasteiger partial charge in [0.15, 0.2) is 0 Å². The first-order valence-electron chi connectivity index (χ1n) is 7.78. The zero-order chi connectivity index (χ0) is 16.9. The summed E-state index contributed by atoms with van der Waals surface area (Å²) in [5.74, 6) is 1.19. The molecule has 2 aromatic rings. The normalized spacial score (nSPS) is 11.7. The van der Waals surface area contributed by atoms with Gasteiger partial charge in [0.1, 0.15) is 5.76 Å². The standard InChI is InChI=1S/C17H24N2O3S/c1-12-14(19-16(22-12)13-5-8-23-10-13)9-15(21)18-7-4-6-17(2,3)11-20/h5,8,10,20H,4,6-7,9,11H2,1-3H3,(H,18,21). The van der Waals surface area contributed by atoms with Gasteiger partial charge in [-0.2, -0.15) is 11.3 Å². The van der Waals surface area contributed by atoms with Crippen molar-refractivity contribution in [1.82, 2.24) is 10.3 Å². The van der Waals surface area contributed by atoms with Crippen molar-refractivity contribution in [2.75, 3.05) is 13.2 Å². The van der Waals surface area contributed by atoms with E-state index in [9.17, 15) is 9.90 Å². The topological polar surface area (TPSA) is 75.4 Å². The van der Waals surface area contributed by atoms with Crippen LogP contribution in [0.2, 0.25) is 0 Å². The summed E-state index contributed by atoms with van der Waals surface area (Å²) in [6, 6.07) is 1.95. The van der Waals surface area contributed by atoms with Gasteiger partial charge in [0, 0.05) is 24.1 Å². The van der Waals surface area contributed by atoms with Crippen LogP contribution < -0.4 is 5.32 Å². The molecule has 0 saturated carbocycles. The molecule has 2 aromatic heterocycles. The lowest BCUT2D eigenvalue weighted by atomic mass is 9.89. The van der Waals surface area contributed by atoms with Gasteiger partial charge in [0.25, 0.3) is 0 Å². The molecule has 0 unspecified atom stereocenters. The number of aliphatic hydroxyl groups is 1. The second kappa shape index (κ2) is 7.75. The van der Waals surface area contributed by atoms with Crippen LogP contribution in [0.4, 0.5) is 0 Å². The number of aryl methyl sites for hydroxylation is 1. The van der Waals surface area contributed by atoms with Gasteiger partial charge < -0.3 is 14.8 Å². The van der Waals surface area contributed by atoms with Crippen molar-refractivity contribution in [3.63, 3.8) is 0 Å². The van der Waals surface area contributed by atoms with Crippen molar-refractivity contribution in [2.45, 2.75) is 40.0 Å². The minimum absolute atomic E-state index is 0.0555. The Morgan fingerprint density at radius 1 is 1.48 bits per heavy atom. The van der Waals surface area contributed by atoms with Gasteiger partial charge >= 0.3 is 0 Å². The predicted octanol–water partition coefficient (Wildman–Crippen LogP) is 3.17. The quantitative estimate of drug-likeness (QED) is 0.726. The molecule has 0 saturated heterocycles. The van der Waals surface area contributed by atoms with E-state index in [-0.39, 0.29) is 24.3 Å². The van der Waals surface area contributed by atoms with Crippen LogP contribution in [0.3, 0.4) is 0 Å². The summed E-state index contributed by atoms with van der Waals surface area (Å²) in [5.41, 5.74) is 1.53. The van der Waals surface area contributed by atoms with E-state index in [2.05, 4.69) is 10.3 Å². The minimum Gasteiger partial charge on any atom is -0.441 e. The Kier molecular flexibility index (Phi) is 5.96. The molecule has 0 aromatic carbocycles. The average Bonchev–Trinajstić information content (AvgIpc) is 3.14. The SMILES string of the molecule is Cc1oc(-c2ccsc2)nc1CC(=O)NCCCC(C)(C)CO. The first-order valence-corrected chi connectivity index (χ1v) is 8.72. The van der Waals surface area contributed by atoms with Crippen LogP contribution in [0.5, 0.6) is 0 Å². The Morgan fingerprint density at radius 2 is 2.26 bits per heavy atom. The molecule has 23 heavy (non-hydrogen) atoms. The lowest BCUT2D eigenvalue weighted by molar-refractivity contribution is -0.120. The molecule has 2 N–H and O–H groups in total. The van der Waals surface area contributed by atoms with Crippen molar-refractivity contribution >= 4 is 17.2 Å². The molecule has 0 bridgehead atoms. The van der Waals surface area contributed by atoms with E-state index in [0.717, 1.165) is 18.4 Å². The number of nitrogens with zero attached hydrogens (tertiary/aromatic N) is 1. The highest BCUT2D eigenvalue weighted by atomic mass is 32.1. The second-order valence-corrected chi connectivity index (χ2v) is 7.27. The molecule has 2 heterocycles. The summed E-state index contributed by atoms with van der Waals surface area (Å²) in [6.45, 7) is 6.62. The lowest BCUT2D eigenvalue weighted by Crippen LogP contribution is -2.28. The third kappa shape index (κ3) is 5.18. The van der Waals surface area contributed by atoms with Crippen molar-refractivity contribution in [3.8, 4) is 11.5 Å². The molecule has 5 nitrogen and oxygen atoms in total. The van der Waals surface area contributed by atoms with Crippen LogP contribution in [-0.2, 0) is 11.2 Å². The molecule has 2 rings (SSSR count). The third-order valence-corrected chi connectivity index (χ3v) is 4.45. The van der Waals surface area contributed by atoms with Crippen LogP contribution in [0.25, 0.3) is 11.5 Å². The number of hydrogen-bond acceptors (Lipinski definition) is 5. The van der Waals surface area contributed by atoms with Crippen molar-refractivity contribution in [3.05, 3.63) is 28.3 Å². The highest BCUT2D eigenvalue weighted by molar-refractivity contribution is 7.08. The Labute approximate surface area is 140 Å². The molecule has 0 aliphatic heterocycles. The minimum atomic E-state index is -0.0944. The molecule has 0 atom stereocenters. The van der Waals surface area contributed by atoms with Gasteiger partial charge in [-0.25, -0.2) is 4.98 Å². The van der Waals surface area contributed by atoms with Crippen molar-refractivity contribution < 1.29 is 14.3 Å². The van der Waals surface area contributed by atoms with E-state index in [1.54, 1.807) is 11.3 Å². The first kappa shape index (κ1) is 17.7. The van der Waals surface area contributed by atoms with Gasteiger partial charge in [0.05, 0.1) is 12.1 Å². The van der Waals surface area contributed by atoms with E-state index in [4.69, 9.17) is 4.42 Å². The van der Waals surface area contributed by atoms with Crippen LogP contribution in [0.1, 0.15) is 38.1 Å². The number of aliphatic hydroxyl groups excluding tert-OH is 1. The molecular formula is C17H24N2O3S. The number of amides is 1. The largest absolute Gasteiger partial charge is 0.441 e. The van der Waals surface area contributed by atoms with Gasteiger partial charge in [-0.05, 0) is 36.6 Å². The first-order chi connectivity index (χ1) is 10.9. The molecule has 0 aliphatic rings. The number of rotatable bonds is 8. The Hall–Kier alpha value is -1.66. The van der Waals surface area contributed by atoms with Crippen molar-refractivity contribution in [2.24, 2.45) is 5.41 Å². The van der Waals surface area contributed by atoms with E-state index in [1.165, 1.54) is 0 Å². The number of nitrogens with one attached hydrogen (secondary N) is 1. The maximum absolute atomic E-state index is 12.0. The fourth-order valence-corrected chi connectivity index (χ4v) is 2.82. The summed E-state index contributed by atoms with van der Waals surface area (Å²) >= 11 is 1.58. The molecule has 1 amide bonds. The zero-order valence-corrected chi connectivity index (χ0v) is 14.7. The Balaban J connectivity index is 1.82. The number of hydrogen-bond donors (Lipinski definition) is 2. The number of carbonyl (C=O) groups excluding carboxylic acids is 1. The van der Waals surface area contributed by atoms with E-state index >= 15 is 0 Å². The molecule has 6 heteroatoms. The van der Waals surface area contributed by atoms with Gasteiger partial charge in [-0.3, -0.25) is 4.79 Å². The summed E-state index contributed by atoms with van der Waals surface area (Å²) in [7, 11) is 0. The molecule has 0 radical (unpaired) electrons. The molecule has 0 spiro atoms. The maximum atomic E-state index is 12.0. The van der Waals surface area contributed by atoms with Gasteiger partial charge in [-0.15, -0.1) is 0 Å². The van der Waals surface area contributed by atoms with E-state index in [0.29, 0.717) is 23.9 Å². The maximum Gasteiger partial charge on any atom is 0.227 e. The fraction of sp³-hybridized carbons (Fsp3) is 0.529. The van der Waals surface area contributed by atoms with Crippen molar-refractivity contribution in [1.29, 1.82) is 0 Å². The highest BCUT2D eigenvalue weighted by Gasteiger charge is 2.17. The fourth-order valence-electron chi connectivity index (χ4n) is 2.19. The summed E-state index contributed by atoms with van der Waals surface area (Å²) < 4.78 is 5.63.